The Balaban J connectivity index is 1.52. The minimum atomic E-state index is -0.814. The highest BCUT2D eigenvalue weighted by molar-refractivity contribution is 5.89. The molecule has 7 nitrogen and oxygen atoms in total. The van der Waals surface area contributed by atoms with E-state index in [-0.39, 0.29) is 13.3 Å². The van der Waals surface area contributed by atoms with Crippen molar-refractivity contribution < 1.29 is 23.8 Å². The fraction of sp³-hybridized carbons (Fsp3) is 0.214. The first kappa shape index (κ1) is 13.3. The van der Waals surface area contributed by atoms with Crippen LogP contribution in [0.15, 0.2) is 41.2 Å². The van der Waals surface area contributed by atoms with Gasteiger partial charge in [0.05, 0.1) is 18.6 Å². The minimum Gasteiger partial charge on any atom is -0.472 e. The molecule has 7 heteroatoms. The molecule has 2 amide bonds. The van der Waals surface area contributed by atoms with Crippen LogP contribution >= 0.6 is 0 Å². The van der Waals surface area contributed by atoms with Crippen LogP contribution in [-0.4, -0.2) is 24.5 Å². The summed E-state index contributed by atoms with van der Waals surface area (Å²) in [6, 6.07) is 6.32. The molecule has 0 radical (unpaired) electrons. The van der Waals surface area contributed by atoms with Gasteiger partial charge in [-0.15, -0.1) is 0 Å². The molecule has 2 heterocycles. The molecule has 0 saturated carbocycles. The molecule has 0 bridgehead atoms. The molecule has 1 aliphatic heterocycles. The number of furan rings is 1. The first-order chi connectivity index (χ1) is 10.2. The molecule has 0 saturated heterocycles. The second-order valence-electron chi connectivity index (χ2n) is 4.48. The van der Waals surface area contributed by atoms with Gasteiger partial charge < -0.3 is 29.6 Å². The van der Waals surface area contributed by atoms with E-state index in [1.165, 1.54) is 12.5 Å². The van der Waals surface area contributed by atoms with Crippen molar-refractivity contribution in [2.24, 2.45) is 0 Å². The molecule has 0 spiro atoms. The van der Waals surface area contributed by atoms with Gasteiger partial charge in [-0.2, -0.15) is 0 Å². The van der Waals surface area contributed by atoms with Gasteiger partial charge >= 0.3 is 6.03 Å². The fourth-order valence-electron chi connectivity index (χ4n) is 1.92. The van der Waals surface area contributed by atoms with Gasteiger partial charge in [-0.05, 0) is 18.2 Å². The number of anilines is 1. The van der Waals surface area contributed by atoms with E-state index in [0.29, 0.717) is 22.7 Å². The van der Waals surface area contributed by atoms with Gasteiger partial charge in [-0.1, -0.05) is 0 Å². The number of aliphatic hydroxyl groups excluding tert-OH is 1. The number of urea groups is 1. The molecule has 3 N–H and O–H groups in total. The summed E-state index contributed by atoms with van der Waals surface area (Å²) in [5.74, 6) is 1.24. The third-order valence-electron chi connectivity index (χ3n) is 3.01. The summed E-state index contributed by atoms with van der Waals surface area (Å²) < 4.78 is 15.3. The molecule has 1 atom stereocenters. The molecule has 0 aliphatic carbocycles. The third-order valence-corrected chi connectivity index (χ3v) is 3.01. The van der Waals surface area contributed by atoms with E-state index in [1.54, 1.807) is 24.3 Å². The predicted molar refractivity (Wildman–Crippen MR) is 73.3 cm³/mol. The minimum absolute atomic E-state index is 0.0793. The summed E-state index contributed by atoms with van der Waals surface area (Å²) in [4.78, 5) is 11.8. The van der Waals surface area contributed by atoms with Gasteiger partial charge in [0.25, 0.3) is 0 Å². The molecule has 0 fully saturated rings. The molecule has 3 rings (SSSR count). The van der Waals surface area contributed by atoms with Crippen LogP contribution in [0.3, 0.4) is 0 Å². The number of carbonyl (C=O) groups is 1. The molecule has 21 heavy (non-hydrogen) atoms. The Kier molecular flexibility index (Phi) is 3.65. The van der Waals surface area contributed by atoms with E-state index in [9.17, 15) is 9.90 Å². The number of hydrogen-bond donors (Lipinski definition) is 3. The Labute approximate surface area is 120 Å². The number of rotatable bonds is 4. The summed E-state index contributed by atoms with van der Waals surface area (Å²) in [5, 5.41) is 15.0. The highest BCUT2D eigenvalue weighted by Crippen LogP contribution is 2.34. The van der Waals surface area contributed by atoms with Crippen LogP contribution in [0.4, 0.5) is 10.5 Å². The van der Waals surface area contributed by atoms with Gasteiger partial charge in [0.2, 0.25) is 6.79 Å². The van der Waals surface area contributed by atoms with E-state index in [0.717, 1.165) is 0 Å². The van der Waals surface area contributed by atoms with Crippen molar-refractivity contribution in [2.45, 2.75) is 6.10 Å². The zero-order chi connectivity index (χ0) is 14.7. The topological polar surface area (TPSA) is 93.0 Å². The quantitative estimate of drug-likeness (QED) is 0.799. The third kappa shape index (κ3) is 3.09. The van der Waals surface area contributed by atoms with Crippen LogP contribution in [0, 0.1) is 0 Å². The number of aliphatic hydroxyl groups is 1. The normalized spacial score (nSPS) is 13.8. The molecular weight excluding hydrogens is 276 g/mol. The monoisotopic (exact) mass is 290 g/mol. The summed E-state index contributed by atoms with van der Waals surface area (Å²) >= 11 is 0. The van der Waals surface area contributed by atoms with Crippen molar-refractivity contribution in [3.8, 4) is 11.5 Å². The molecular formula is C14H14N2O5. The van der Waals surface area contributed by atoms with E-state index < -0.39 is 12.1 Å². The number of ether oxygens (including phenoxy) is 2. The molecule has 1 unspecified atom stereocenters. The number of hydrogen-bond acceptors (Lipinski definition) is 5. The number of fused-ring (bicyclic) bond motifs is 1. The lowest BCUT2D eigenvalue weighted by Crippen LogP contribution is -2.32. The standard InChI is InChI=1S/C14H14N2O5/c17-11(9-3-4-19-7-9)6-15-14(18)16-10-1-2-12-13(5-10)21-8-20-12/h1-5,7,11,17H,6,8H2,(H2,15,16,18). The van der Waals surface area contributed by atoms with Crippen molar-refractivity contribution in [3.05, 3.63) is 42.4 Å². The highest BCUT2D eigenvalue weighted by Gasteiger charge is 2.15. The molecule has 110 valence electrons. The van der Waals surface area contributed by atoms with Crippen LogP contribution < -0.4 is 20.1 Å². The summed E-state index contributed by atoms with van der Waals surface area (Å²) in [6.45, 7) is 0.262. The summed E-state index contributed by atoms with van der Waals surface area (Å²) in [6.07, 6.45) is 2.08. The Bertz CT molecular complexity index is 626. The number of nitrogens with one attached hydrogen (secondary N) is 2. The van der Waals surface area contributed by atoms with Gasteiger partial charge in [0.1, 0.15) is 0 Å². The van der Waals surface area contributed by atoms with E-state index >= 15 is 0 Å². The van der Waals surface area contributed by atoms with Crippen LogP contribution in [0.5, 0.6) is 11.5 Å². The fourth-order valence-corrected chi connectivity index (χ4v) is 1.92. The van der Waals surface area contributed by atoms with E-state index in [2.05, 4.69) is 10.6 Å². The number of carbonyl (C=O) groups excluding carboxylic acids is 1. The van der Waals surface area contributed by atoms with Crippen LogP contribution in [0.2, 0.25) is 0 Å². The lowest BCUT2D eigenvalue weighted by atomic mass is 10.2. The predicted octanol–water partition coefficient (Wildman–Crippen LogP) is 1.86. The molecule has 1 aromatic heterocycles. The second-order valence-corrected chi connectivity index (χ2v) is 4.48. The smallest absolute Gasteiger partial charge is 0.319 e. The maximum atomic E-state index is 11.8. The van der Waals surface area contributed by atoms with Gasteiger partial charge in [-0.25, -0.2) is 4.79 Å². The highest BCUT2D eigenvalue weighted by atomic mass is 16.7. The van der Waals surface area contributed by atoms with E-state index in [4.69, 9.17) is 13.9 Å². The number of benzene rings is 1. The van der Waals surface area contributed by atoms with Gasteiger partial charge in [-0.3, -0.25) is 0 Å². The SMILES string of the molecule is O=C(NCC(O)c1ccoc1)Nc1ccc2c(c1)OCO2. The van der Waals surface area contributed by atoms with Crippen molar-refractivity contribution in [1.29, 1.82) is 0 Å². The van der Waals surface area contributed by atoms with Crippen molar-refractivity contribution >= 4 is 11.7 Å². The Morgan fingerprint density at radius 1 is 1.29 bits per heavy atom. The van der Waals surface area contributed by atoms with Crippen molar-refractivity contribution in [2.75, 3.05) is 18.7 Å². The molecule has 1 aliphatic rings. The van der Waals surface area contributed by atoms with Crippen LogP contribution in [0.1, 0.15) is 11.7 Å². The second kappa shape index (κ2) is 5.76. The average Bonchev–Trinajstić information content (AvgIpc) is 3.15. The van der Waals surface area contributed by atoms with Gasteiger partial charge in [0.15, 0.2) is 11.5 Å². The lowest BCUT2D eigenvalue weighted by molar-refractivity contribution is 0.173. The Hall–Kier alpha value is -2.67. The first-order valence-electron chi connectivity index (χ1n) is 6.37. The van der Waals surface area contributed by atoms with E-state index in [1.807, 2.05) is 0 Å². The van der Waals surface area contributed by atoms with Crippen molar-refractivity contribution in [3.63, 3.8) is 0 Å². The number of amides is 2. The van der Waals surface area contributed by atoms with Crippen LogP contribution in [-0.2, 0) is 0 Å². The average molecular weight is 290 g/mol. The summed E-state index contributed by atoms with van der Waals surface area (Å²) in [5.41, 5.74) is 1.19. The first-order valence-corrected chi connectivity index (χ1v) is 6.37. The van der Waals surface area contributed by atoms with Crippen molar-refractivity contribution in [1.82, 2.24) is 5.32 Å². The lowest BCUT2D eigenvalue weighted by Gasteiger charge is -2.11. The Morgan fingerprint density at radius 2 is 2.14 bits per heavy atom. The van der Waals surface area contributed by atoms with Crippen LogP contribution in [0.25, 0.3) is 0 Å². The van der Waals surface area contributed by atoms with Gasteiger partial charge in [0, 0.05) is 23.9 Å². The largest absolute Gasteiger partial charge is 0.472 e. The zero-order valence-electron chi connectivity index (χ0n) is 11.0. The summed E-state index contributed by atoms with van der Waals surface area (Å²) in [7, 11) is 0. The Morgan fingerprint density at radius 3 is 2.95 bits per heavy atom. The zero-order valence-corrected chi connectivity index (χ0v) is 11.0. The maximum Gasteiger partial charge on any atom is 0.319 e. The maximum absolute atomic E-state index is 11.8. The molecule has 1 aromatic carbocycles. The molecule has 2 aromatic rings.